The summed E-state index contributed by atoms with van der Waals surface area (Å²) in [5.41, 5.74) is 3.00. The third-order valence-electron chi connectivity index (χ3n) is 4.36. The number of thiazole rings is 1. The van der Waals surface area contributed by atoms with E-state index in [1.807, 2.05) is 30.3 Å². The minimum Gasteiger partial charge on any atom is -0.266 e. The molecule has 4 nitrogen and oxygen atoms in total. The first-order valence-electron chi connectivity index (χ1n) is 8.59. The minimum absolute atomic E-state index is 0.0924. The highest BCUT2D eigenvalue weighted by Gasteiger charge is 2.15. The van der Waals surface area contributed by atoms with Crippen molar-refractivity contribution < 1.29 is 0 Å². The van der Waals surface area contributed by atoms with E-state index in [0.717, 1.165) is 11.1 Å². The predicted molar refractivity (Wildman–Crippen MR) is 112 cm³/mol. The largest absolute Gasteiger partial charge is 0.291 e. The van der Waals surface area contributed by atoms with Gasteiger partial charge in [-0.2, -0.15) is 9.50 Å². The van der Waals surface area contributed by atoms with Crippen molar-refractivity contribution in [3.63, 3.8) is 0 Å². The van der Waals surface area contributed by atoms with Crippen LogP contribution in [0.1, 0.15) is 31.9 Å². The Balaban J connectivity index is 1.72. The minimum atomic E-state index is -0.157. The Labute approximate surface area is 165 Å². The third-order valence-corrected chi connectivity index (χ3v) is 5.57. The van der Waals surface area contributed by atoms with E-state index in [-0.39, 0.29) is 11.0 Å². The molecule has 136 valence electrons. The molecule has 0 N–H and O–H groups in total. The number of halogens is 1. The Morgan fingerprint density at radius 1 is 1.04 bits per heavy atom. The molecule has 0 aliphatic rings. The molecular weight excluding hydrogens is 378 g/mol. The number of benzene rings is 2. The van der Waals surface area contributed by atoms with E-state index in [4.69, 9.17) is 11.6 Å². The van der Waals surface area contributed by atoms with Crippen LogP contribution in [-0.2, 0) is 5.41 Å². The second-order valence-corrected chi connectivity index (χ2v) is 8.87. The summed E-state index contributed by atoms with van der Waals surface area (Å²) in [6.07, 6.45) is 1.83. The van der Waals surface area contributed by atoms with Gasteiger partial charge in [0.2, 0.25) is 4.96 Å². The zero-order valence-corrected chi connectivity index (χ0v) is 16.8. The van der Waals surface area contributed by atoms with Crippen molar-refractivity contribution in [1.29, 1.82) is 0 Å². The zero-order chi connectivity index (χ0) is 19.2. The van der Waals surface area contributed by atoms with Gasteiger partial charge in [0.15, 0.2) is 5.82 Å². The number of hydrogen-bond acceptors (Lipinski definition) is 4. The second-order valence-electron chi connectivity index (χ2n) is 7.42. The molecule has 0 unspecified atom stereocenters. The fourth-order valence-corrected chi connectivity index (χ4v) is 3.82. The molecule has 0 spiro atoms. The van der Waals surface area contributed by atoms with Crippen LogP contribution < -0.4 is 10.1 Å². The zero-order valence-electron chi connectivity index (χ0n) is 15.2. The third kappa shape index (κ3) is 3.53. The molecule has 0 fully saturated rings. The fourth-order valence-electron chi connectivity index (χ4n) is 2.79. The van der Waals surface area contributed by atoms with Crippen LogP contribution in [0, 0.1) is 0 Å². The SMILES string of the molecule is CC(C)(C)c1ccc(-c2nc3sc(=Cc4ccc(Cl)cc4)c(=O)n3n2)cc1. The van der Waals surface area contributed by atoms with E-state index in [1.54, 1.807) is 12.1 Å². The number of hydrogen-bond donors (Lipinski definition) is 0. The number of aromatic nitrogens is 3. The van der Waals surface area contributed by atoms with Crippen LogP contribution in [0.3, 0.4) is 0 Å². The molecule has 0 saturated carbocycles. The van der Waals surface area contributed by atoms with Gasteiger partial charge in [0.05, 0.1) is 4.53 Å². The van der Waals surface area contributed by atoms with Crippen LogP contribution in [0.15, 0.2) is 53.3 Å². The van der Waals surface area contributed by atoms with E-state index in [2.05, 4.69) is 43.0 Å². The van der Waals surface area contributed by atoms with Crippen molar-refractivity contribution in [1.82, 2.24) is 14.6 Å². The van der Waals surface area contributed by atoms with E-state index >= 15 is 0 Å². The molecule has 0 aliphatic carbocycles. The Morgan fingerprint density at radius 2 is 1.70 bits per heavy atom. The Morgan fingerprint density at radius 3 is 2.30 bits per heavy atom. The van der Waals surface area contributed by atoms with Crippen LogP contribution in [0.4, 0.5) is 0 Å². The molecule has 2 heterocycles. The first-order chi connectivity index (χ1) is 12.8. The molecule has 0 bridgehead atoms. The maximum Gasteiger partial charge on any atom is 0.291 e. The summed E-state index contributed by atoms with van der Waals surface area (Å²) in [5.74, 6) is 0.567. The van der Waals surface area contributed by atoms with Crippen molar-refractivity contribution in [2.45, 2.75) is 26.2 Å². The lowest BCUT2D eigenvalue weighted by Crippen LogP contribution is -2.23. The normalized spacial score (nSPS) is 12.8. The Bertz CT molecular complexity index is 1220. The molecule has 0 amide bonds. The van der Waals surface area contributed by atoms with Gasteiger partial charge in [-0.3, -0.25) is 4.79 Å². The number of nitrogens with zero attached hydrogens (tertiary/aromatic N) is 3. The van der Waals surface area contributed by atoms with Crippen molar-refractivity contribution in [3.05, 3.63) is 79.6 Å². The molecule has 6 heteroatoms. The maximum atomic E-state index is 12.6. The maximum absolute atomic E-state index is 12.6. The van der Waals surface area contributed by atoms with Crippen molar-refractivity contribution in [3.8, 4) is 11.4 Å². The highest BCUT2D eigenvalue weighted by molar-refractivity contribution is 7.15. The predicted octanol–water partition coefficient (Wildman–Crippen LogP) is 4.32. The van der Waals surface area contributed by atoms with E-state index in [9.17, 15) is 4.79 Å². The van der Waals surface area contributed by atoms with Gasteiger partial charge >= 0.3 is 0 Å². The van der Waals surface area contributed by atoms with Crippen LogP contribution >= 0.6 is 22.9 Å². The molecule has 0 radical (unpaired) electrons. The first-order valence-corrected chi connectivity index (χ1v) is 9.78. The van der Waals surface area contributed by atoms with Gasteiger partial charge in [0, 0.05) is 10.6 Å². The van der Waals surface area contributed by atoms with Crippen molar-refractivity contribution in [2.75, 3.05) is 0 Å². The monoisotopic (exact) mass is 395 g/mol. The number of rotatable bonds is 2. The average molecular weight is 396 g/mol. The van der Waals surface area contributed by atoms with E-state index in [0.29, 0.717) is 20.3 Å². The summed E-state index contributed by atoms with van der Waals surface area (Å²) in [4.78, 5) is 17.8. The van der Waals surface area contributed by atoms with Crippen molar-refractivity contribution in [2.24, 2.45) is 0 Å². The lowest BCUT2D eigenvalue weighted by molar-refractivity contribution is 0.590. The molecule has 27 heavy (non-hydrogen) atoms. The second kappa shape index (κ2) is 6.59. The summed E-state index contributed by atoms with van der Waals surface area (Å²) in [7, 11) is 0. The van der Waals surface area contributed by atoms with Crippen LogP contribution in [0.2, 0.25) is 5.02 Å². The van der Waals surface area contributed by atoms with Gasteiger partial charge in [-0.25, -0.2) is 0 Å². The summed E-state index contributed by atoms with van der Waals surface area (Å²) >= 11 is 7.24. The molecule has 4 aromatic rings. The van der Waals surface area contributed by atoms with E-state index in [1.165, 1.54) is 21.4 Å². The highest BCUT2D eigenvalue weighted by atomic mass is 35.5. The molecule has 0 saturated heterocycles. The van der Waals surface area contributed by atoms with Gasteiger partial charge in [-0.15, -0.1) is 5.10 Å². The summed E-state index contributed by atoms with van der Waals surface area (Å²) in [5, 5.41) is 5.08. The highest BCUT2D eigenvalue weighted by Crippen LogP contribution is 2.25. The van der Waals surface area contributed by atoms with Gasteiger partial charge in [-0.05, 0) is 34.8 Å². The fraction of sp³-hybridized carbons (Fsp3) is 0.190. The average Bonchev–Trinajstić information content (AvgIpc) is 3.16. The lowest BCUT2D eigenvalue weighted by Gasteiger charge is -2.18. The summed E-state index contributed by atoms with van der Waals surface area (Å²) < 4.78 is 1.97. The van der Waals surface area contributed by atoms with Crippen LogP contribution in [0.5, 0.6) is 0 Å². The first kappa shape index (κ1) is 17.9. The Kier molecular flexibility index (Phi) is 4.36. The molecular formula is C21H18ClN3OS. The van der Waals surface area contributed by atoms with Crippen LogP contribution in [-0.4, -0.2) is 14.6 Å². The van der Waals surface area contributed by atoms with E-state index < -0.39 is 0 Å². The molecule has 4 rings (SSSR count). The summed E-state index contributed by atoms with van der Waals surface area (Å²) in [6, 6.07) is 15.5. The molecule has 0 atom stereocenters. The smallest absolute Gasteiger partial charge is 0.266 e. The molecule has 2 aromatic heterocycles. The van der Waals surface area contributed by atoms with Crippen LogP contribution in [0.25, 0.3) is 22.4 Å². The quantitative estimate of drug-likeness (QED) is 0.508. The van der Waals surface area contributed by atoms with Crippen molar-refractivity contribution >= 4 is 34.0 Å². The Hall–Kier alpha value is -2.50. The standard InChI is InChI=1S/C21H18ClN3OS/c1-21(2,3)15-8-6-14(7-9-15)18-23-20-25(24-18)19(26)17(27-20)12-13-4-10-16(22)11-5-13/h4-12H,1-3H3. The van der Waals surface area contributed by atoms with Gasteiger partial charge < -0.3 is 0 Å². The number of fused-ring (bicyclic) bond motifs is 1. The van der Waals surface area contributed by atoms with Gasteiger partial charge in [-0.1, -0.05) is 80.1 Å². The molecule has 2 aromatic carbocycles. The van der Waals surface area contributed by atoms with Gasteiger partial charge in [0.25, 0.3) is 5.56 Å². The lowest BCUT2D eigenvalue weighted by atomic mass is 9.87. The van der Waals surface area contributed by atoms with Gasteiger partial charge in [0.1, 0.15) is 0 Å². The summed E-state index contributed by atoms with van der Waals surface area (Å²) in [6.45, 7) is 6.53. The topological polar surface area (TPSA) is 47.3 Å². The molecule has 0 aliphatic heterocycles.